The monoisotopic (exact) mass is 586 g/mol. The van der Waals surface area contributed by atoms with E-state index in [0.29, 0.717) is 24.7 Å². The minimum Gasteiger partial charge on any atom is -0.465 e. The van der Waals surface area contributed by atoms with Gasteiger partial charge in [-0.3, -0.25) is 28.8 Å². The summed E-state index contributed by atoms with van der Waals surface area (Å²) in [6, 6.07) is 0. The Balaban J connectivity index is 1.67. The third-order valence-corrected chi connectivity index (χ3v) is 12.8. The van der Waals surface area contributed by atoms with Crippen molar-refractivity contribution < 1.29 is 38.2 Å². The first kappa shape index (κ1) is 32.5. The van der Waals surface area contributed by atoms with E-state index in [1.165, 1.54) is 40.0 Å². The molecule has 0 radical (unpaired) electrons. The summed E-state index contributed by atoms with van der Waals surface area (Å²) < 4.78 is 10.2. The van der Waals surface area contributed by atoms with Gasteiger partial charge in [0.1, 0.15) is 18.6 Å². The summed E-state index contributed by atoms with van der Waals surface area (Å²) >= 11 is 0. The maximum absolute atomic E-state index is 14.6. The lowest BCUT2D eigenvalue weighted by atomic mass is 9.33. The lowest BCUT2D eigenvalue weighted by Gasteiger charge is -2.71. The Bertz CT molecular complexity index is 1190. The van der Waals surface area contributed by atoms with Crippen LogP contribution >= 0.6 is 0 Å². The summed E-state index contributed by atoms with van der Waals surface area (Å²) in [6.45, 7) is 14.8. The number of carbonyl (C=O) groups is 6. The Morgan fingerprint density at radius 1 is 0.786 bits per heavy atom. The Labute approximate surface area is 250 Å². The zero-order chi connectivity index (χ0) is 31.5. The van der Waals surface area contributed by atoms with Crippen LogP contribution < -0.4 is 0 Å². The molecule has 4 rings (SSSR count). The molecule has 0 spiro atoms. The largest absolute Gasteiger partial charge is 0.465 e. The van der Waals surface area contributed by atoms with E-state index in [4.69, 9.17) is 9.47 Å². The summed E-state index contributed by atoms with van der Waals surface area (Å²) in [7, 11) is 0. The first-order valence-corrected chi connectivity index (χ1v) is 15.8. The van der Waals surface area contributed by atoms with Crippen molar-refractivity contribution in [3.63, 3.8) is 0 Å². The quantitative estimate of drug-likeness (QED) is 0.209. The third kappa shape index (κ3) is 4.89. The second-order valence-electron chi connectivity index (χ2n) is 15.4. The number of carbonyl (C=O) groups excluding carboxylic acids is 6. The molecule has 0 heterocycles. The van der Waals surface area contributed by atoms with Crippen LogP contribution in [0.3, 0.4) is 0 Å². The Morgan fingerprint density at radius 3 is 2.05 bits per heavy atom. The fraction of sp³-hybridized carbons (Fsp3) is 0.824. The highest BCUT2D eigenvalue weighted by Gasteiger charge is 2.70. The van der Waals surface area contributed by atoms with Gasteiger partial charge in [0.25, 0.3) is 5.78 Å². The maximum atomic E-state index is 14.6. The van der Waals surface area contributed by atoms with Crippen molar-refractivity contribution in [2.75, 3.05) is 13.2 Å². The fourth-order valence-electron chi connectivity index (χ4n) is 10.4. The molecule has 0 bridgehead atoms. The van der Waals surface area contributed by atoms with E-state index in [9.17, 15) is 28.8 Å². The Kier molecular flexibility index (Phi) is 8.49. The van der Waals surface area contributed by atoms with E-state index < -0.39 is 58.6 Å². The molecule has 0 N–H and O–H groups in total. The predicted molar refractivity (Wildman–Crippen MR) is 155 cm³/mol. The molecule has 4 aliphatic carbocycles. The normalized spacial score (nSPS) is 39.5. The van der Waals surface area contributed by atoms with Crippen LogP contribution in [0.1, 0.15) is 113 Å². The topological polar surface area (TPSA) is 121 Å². The van der Waals surface area contributed by atoms with Crippen molar-refractivity contribution in [1.82, 2.24) is 0 Å². The highest BCUT2D eigenvalue weighted by Crippen LogP contribution is 2.74. The molecular weight excluding hydrogens is 536 g/mol. The van der Waals surface area contributed by atoms with Gasteiger partial charge in [0.2, 0.25) is 11.6 Å². The molecule has 0 aromatic rings. The van der Waals surface area contributed by atoms with Crippen molar-refractivity contribution in [2.24, 2.45) is 50.7 Å². The number of esters is 2. The Morgan fingerprint density at radius 2 is 1.43 bits per heavy atom. The zero-order valence-electron chi connectivity index (χ0n) is 26.9. The molecule has 4 saturated carbocycles. The van der Waals surface area contributed by atoms with Crippen LogP contribution in [-0.4, -0.2) is 48.3 Å². The highest BCUT2D eigenvalue weighted by atomic mass is 16.5. The zero-order valence-corrected chi connectivity index (χ0v) is 26.9. The average Bonchev–Trinajstić information content (AvgIpc) is 2.90. The Hall–Kier alpha value is -2.38. The average molecular weight is 587 g/mol. The SMILES string of the molecule is CC(=O)OCC(C)C(=O)C(=O)C(=O)[C@]1(COC(C)=O)CC[C@]2(C)[C@H](CC[C@@H]3[C@@]4(C)CCCC(C)(C)[C@@H]4CC[C@]32C)C1=O. The van der Waals surface area contributed by atoms with Gasteiger partial charge in [-0.2, -0.15) is 0 Å². The van der Waals surface area contributed by atoms with Crippen molar-refractivity contribution >= 4 is 35.1 Å². The summed E-state index contributed by atoms with van der Waals surface area (Å²) in [5, 5.41) is 0. The molecule has 0 aromatic heterocycles. The van der Waals surface area contributed by atoms with Crippen LogP contribution in [0.4, 0.5) is 0 Å². The summed E-state index contributed by atoms with van der Waals surface area (Å²) in [4.78, 5) is 77.8. The van der Waals surface area contributed by atoms with Crippen molar-refractivity contribution in [1.29, 1.82) is 0 Å². The molecule has 8 heteroatoms. The number of Topliss-reactive ketones (excluding diaryl/α,β-unsaturated/α-hetero) is 4. The van der Waals surface area contributed by atoms with Gasteiger partial charge in [0.15, 0.2) is 5.78 Å². The molecule has 0 aliphatic heterocycles. The lowest BCUT2D eigenvalue weighted by molar-refractivity contribution is -0.220. The number of ether oxygens (including phenoxy) is 2. The van der Waals surface area contributed by atoms with Gasteiger partial charge < -0.3 is 9.47 Å². The number of rotatable bonds is 8. The number of ketones is 4. The van der Waals surface area contributed by atoms with E-state index in [0.717, 1.165) is 19.3 Å². The van der Waals surface area contributed by atoms with Gasteiger partial charge >= 0.3 is 11.9 Å². The van der Waals surface area contributed by atoms with Crippen LogP contribution in [-0.2, 0) is 38.2 Å². The number of fused-ring (bicyclic) bond motifs is 5. The van der Waals surface area contributed by atoms with Gasteiger partial charge in [-0.15, -0.1) is 0 Å². The number of hydrogen-bond donors (Lipinski definition) is 0. The molecule has 4 aliphatic rings. The maximum Gasteiger partial charge on any atom is 0.302 e. The van der Waals surface area contributed by atoms with E-state index >= 15 is 0 Å². The van der Waals surface area contributed by atoms with E-state index in [1.54, 1.807) is 0 Å². The van der Waals surface area contributed by atoms with E-state index in [2.05, 4.69) is 34.6 Å². The minimum atomic E-state index is -1.89. The molecule has 42 heavy (non-hydrogen) atoms. The van der Waals surface area contributed by atoms with Gasteiger partial charge in [0, 0.05) is 19.8 Å². The first-order valence-electron chi connectivity index (χ1n) is 15.8. The number of hydrogen-bond acceptors (Lipinski definition) is 8. The molecule has 0 aromatic carbocycles. The minimum absolute atomic E-state index is 0.0518. The molecule has 4 fully saturated rings. The fourth-order valence-corrected chi connectivity index (χ4v) is 10.4. The molecule has 234 valence electrons. The smallest absolute Gasteiger partial charge is 0.302 e. The molecule has 0 amide bonds. The van der Waals surface area contributed by atoms with Gasteiger partial charge in [0.05, 0.1) is 5.92 Å². The van der Waals surface area contributed by atoms with E-state index in [1.807, 2.05) is 0 Å². The molecule has 8 nitrogen and oxygen atoms in total. The molecule has 0 saturated heterocycles. The summed E-state index contributed by atoms with van der Waals surface area (Å²) in [5.74, 6) is -5.49. The van der Waals surface area contributed by atoms with Crippen molar-refractivity contribution in [2.45, 2.75) is 113 Å². The molecule has 1 unspecified atom stereocenters. The highest BCUT2D eigenvalue weighted by molar-refractivity contribution is 6.66. The predicted octanol–water partition coefficient (Wildman–Crippen LogP) is 5.47. The summed E-state index contributed by atoms with van der Waals surface area (Å²) in [6.07, 6.45) is 7.81. The van der Waals surface area contributed by atoms with Gasteiger partial charge in [-0.1, -0.05) is 48.0 Å². The second-order valence-corrected chi connectivity index (χ2v) is 15.4. The van der Waals surface area contributed by atoms with Gasteiger partial charge in [-0.05, 0) is 84.9 Å². The summed E-state index contributed by atoms with van der Waals surface area (Å²) in [5.41, 5.74) is -1.95. The van der Waals surface area contributed by atoms with Crippen LogP contribution in [0.25, 0.3) is 0 Å². The van der Waals surface area contributed by atoms with Crippen LogP contribution in [0.5, 0.6) is 0 Å². The second kappa shape index (κ2) is 11.0. The molecular formula is C34H50O8. The van der Waals surface area contributed by atoms with Crippen molar-refractivity contribution in [3.8, 4) is 0 Å². The van der Waals surface area contributed by atoms with Crippen LogP contribution in [0.2, 0.25) is 0 Å². The standard InChI is InChI=1S/C34H50O8/c1-20(18-41-21(2)35)26(37)27(38)29(40)34(19-42-22(3)36)17-16-32(7)23(28(34)39)10-11-25-31(6)14-9-13-30(4,5)24(31)12-15-33(25,32)8/h20,23-25H,9-19H2,1-8H3/t20?,23-,24+,25-,31+,32-,33-,34+/m1/s1. The first-order chi connectivity index (χ1) is 19.4. The third-order valence-electron chi connectivity index (χ3n) is 12.8. The van der Waals surface area contributed by atoms with Crippen LogP contribution in [0.15, 0.2) is 0 Å². The van der Waals surface area contributed by atoms with Gasteiger partial charge in [-0.25, -0.2) is 0 Å². The van der Waals surface area contributed by atoms with Crippen LogP contribution in [0, 0.1) is 50.7 Å². The lowest BCUT2D eigenvalue weighted by Crippen LogP contribution is -2.67. The van der Waals surface area contributed by atoms with Crippen molar-refractivity contribution in [3.05, 3.63) is 0 Å². The van der Waals surface area contributed by atoms with E-state index in [-0.39, 0.29) is 35.1 Å². The molecule has 8 atom stereocenters.